The minimum absolute atomic E-state index is 0.667. The molecule has 0 radical (unpaired) electrons. The van der Waals surface area contributed by atoms with Gasteiger partial charge >= 0.3 is 0 Å². The molecule has 21 heavy (non-hydrogen) atoms. The van der Waals surface area contributed by atoms with Crippen molar-refractivity contribution in [2.45, 2.75) is 58.7 Å². The highest BCUT2D eigenvalue weighted by Gasteiger charge is 2.29. The molecule has 0 bridgehead atoms. The molecule has 0 saturated carbocycles. The lowest BCUT2D eigenvalue weighted by Gasteiger charge is -2.31. The van der Waals surface area contributed by atoms with Gasteiger partial charge < -0.3 is 15.0 Å². The topological polar surface area (TPSA) is 24.5 Å². The summed E-state index contributed by atoms with van der Waals surface area (Å²) in [5.74, 6) is 0. The zero-order valence-corrected chi connectivity index (χ0v) is 14.0. The van der Waals surface area contributed by atoms with E-state index in [4.69, 9.17) is 4.74 Å². The minimum atomic E-state index is 0.667. The van der Waals surface area contributed by atoms with E-state index in [1.165, 1.54) is 36.1 Å². The fraction of sp³-hybridized carbons (Fsp3) is 0.667. The van der Waals surface area contributed by atoms with Crippen molar-refractivity contribution in [1.29, 1.82) is 0 Å². The molecular weight excluding hydrogens is 260 g/mol. The molecule has 0 aromatic heterocycles. The highest BCUT2D eigenvalue weighted by atomic mass is 16.5. The van der Waals surface area contributed by atoms with Gasteiger partial charge in [0.2, 0.25) is 0 Å². The molecule has 3 nitrogen and oxygen atoms in total. The summed E-state index contributed by atoms with van der Waals surface area (Å²) in [5, 5.41) is 3.42. The molecular formula is C18H30N2O. The number of ether oxygens (including phenoxy) is 1. The Kier molecular flexibility index (Phi) is 6.07. The Balaban J connectivity index is 2.04. The van der Waals surface area contributed by atoms with Crippen LogP contribution in [0.25, 0.3) is 0 Å². The van der Waals surface area contributed by atoms with Crippen LogP contribution in [-0.4, -0.2) is 32.3 Å². The second-order valence-electron chi connectivity index (χ2n) is 6.18. The highest BCUT2D eigenvalue weighted by Crippen LogP contribution is 2.32. The molecule has 1 aromatic rings. The number of benzene rings is 1. The van der Waals surface area contributed by atoms with Gasteiger partial charge in [-0.25, -0.2) is 0 Å². The molecule has 0 spiro atoms. The molecule has 3 heteroatoms. The van der Waals surface area contributed by atoms with Crippen LogP contribution in [0.1, 0.15) is 44.2 Å². The van der Waals surface area contributed by atoms with Gasteiger partial charge in [0.05, 0.1) is 6.61 Å². The Hall–Kier alpha value is -1.06. The van der Waals surface area contributed by atoms with Crippen LogP contribution in [0.4, 0.5) is 5.69 Å². The Morgan fingerprint density at radius 2 is 2.14 bits per heavy atom. The number of methoxy groups -OCH3 is 1. The quantitative estimate of drug-likeness (QED) is 0.778. The van der Waals surface area contributed by atoms with Crippen molar-refractivity contribution in [1.82, 2.24) is 5.32 Å². The van der Waals surface area contributed by atoms with E-state index in [2.05, 4.69) is 49.2 Å². The first kappa shape index (κ1) is 16.3. The average molecular weight is 290 g/mol. The fourth-order valence-corrected chi connectivity index (χ4v) is 3.37. The predicted molar refractivity (Wildman–Crippen MR) is 90.0 cm³/mol. The SMILES string of the molecule is CCC1CCC(C)N1c1ccc(CNCCOC)c(C)c1. The molecule has 0 amide bonds. The standard InChI is InChI=1S/C18H30N2O/c1-5-17-8-6-15(3)20(17)18-9-7-16(14(2)12-18)13-19-10-11-21-4/h7,9,12,15,17,19H,5-6,8,10-11,13H2,1-4H3. The van der Waals surface area contributed by atoms with E-state index in [0.29, 0.717) is 12.1 Å². The van der Waals surface area contributed by atoms with Gasteiger partial charge in [0.25, 0.3) is 0 Å². The second kappa shape index (κ2) is 7.81. The third-order valence-corrected chi connectivity index (χ3v) is 4.68. The van der Waals surface area contributed by atoms with Crippen molar-refractivity contribution in [2.75, 3.05) is 25.2 Å². The summed E-state index contributed by atoms with van der Waals surface area (Å²) in [5.41, 5.74) is 4.16. The minimum Gasteiger partial charge on any atom is -0.383 e. The van der Waals surface area contributed by atoms with E-state index in [-0.39, 0.29) is 0 Å². The van der Waals surface area contributed by atoms with Gasteiger partial charge in [-0.2, -0.15) is 0 Å². The largest absolute Gasteiger partial charge is 0.383 e. The molecule has 1 aliphatic rings. The van der Waals surface area contributed by atoms with E-state index < -0.39 is 0 Å². The van der Waals surface area contributed by atoms with Crippen molar-refractivity contribution in [3.05, 3.63) is 29.3 Å². The van der Waals surface area contributed by atoms with E-state index in [1.54, 1.807) is 7.11 Å². The van der Waals surface area contributed by atoms with Gasteiger partial charge in [0, 0.05) is 38.0 Å². The number of rotatable bonds is 7. The lowest BCUT2D eigenvalue weighted by atomic mass is 10.1. The smallest absolute Gasteiger partial charge is 0.0587 e. The number of nitrogens with zero attached hydrogens (tertiary/aromatic N) is 1. The number of hydrogen-bond donors (Lipinski definition) is 1. The van der Waals surface area contributed by atoms with Crippen LogP contribution in [0.3, 0.4) is 0 Å². The Morgan fingerprint density at radius 1 is 1.33 bits per heavy atom. The molecule has 1 heterocycles. The first-order valence-electron chi connectivity index (χ1n) is 8.24. The monoisotopic (exact) mass is 290 g/mol. The summed E-state index contributed by atoms with van der Waals surface area (Å²) in [6, 6.07) is 8.32. The summed E-state index contributed by atoms with van der Waals surface area (Å²) in [7, 11) is 1.74. The fourth-order valence-electron chi connectivity index (χ4n) is 3.37. The van der Waals surface area contributed by atoms with Crippen LogP contribution in [0, 0.1) is 6.92 Å². The van der Waals surface area contributed by atoms with E-state index in [0.717, 1.165) is 19.7 Å². The summed E-state index contributed by atoms with van der Waals surface area (Å²) >= 11 is 0. The van der Waals surface area contributed by atoms with Crippen LogP contribution < -0.4 is 10.2 Å². The molecule has 1 aliphatic heterocycles. The van der Waals surface area contributed by atoms with Crippen molar-refractivity contribution >= 4 is 5.69 Å². The molecule has 1 saturated heterocycles. The maximum Gasteiger partial charge on any atom is 0.0587 e. The van der Waals surface area contributed by atoms with Gasteiger partial charge in [-0.3, -0.25) is 0 Å². The highest BCUT2D eigenvalue weighted by molar-refractivity contribution is 5.53. The molecule has 2 atom stereocenters. The molecule has 0 aliphatic carbocycles. The first-order valence-corrected chi connectivity index (χ1v) is 8.24. The van der Waals surface area contributed by atoms with Crippen molar-refractivity contribution in [3.8, 4) is 0 Å². The number of nitrogens with one attached hydrogen (secondary N) is 1. The first-order chi connectivity index (χ1) is 10.2. The molecule has 118 valence electrons. The maximum absolute atomic E-state index is 5.06. The van der Waals surface area contributed by atoms with E-state index in [9.17, 15) is 0 Å². The van der Waals surface area contributed by atoms with Gasteiger partial charge in [-0.05, 0) is 56.4 Å². The lowest BCUT2D eigenvalue weighted by Crippen LogP contribution is -2.34. The number of aryl methyl sites for hydroxylation is 1. The lowest BCUT2D eigenvalue weighted by molar-refractivity contribution is 0.199. The van der Waals surface area contributed by atoms with Gasteiger partial charge in [0.15, 0.2) is 0 Å². The molecule has 1 fully saturated rings. The summed E-state index contributed by atoms with van der Waals surface area (Å²) in [6.45, 7) is 9.46. The normalized spacial score (nSPS) is 22.0. The summed E-state index contributed by atoms with van der Waals surface area (Å²) in [4.78, 5) is 2.62. The zero-order chi connectivity index (χ0) is 15.2. The number of hydrogen-bond acceptors (Lipinski definition) is 3. The van der Waals surface area contributed by atoms with Crippen molar-refractivity contribution < 1.29 is 4.74 Å². The zero-order valence-electron chi connectivity index (χ0n) is 14.0. The van der Waals surface area contributed by atoms with Crippen LogP contribution in [0.5, 0.6) is 0 Å². The Morgan fingerprint density at radius 3 is 2.81 bits per heavy atom. The van der Waals surface area contributed by atoms with Gasteiger partial charge in [0.1, 0.15) is 0 Å². The molecule has 2 unspecified atom stereocenters. The average Bonchev–Trinajstić information content (AvgIpc) is 2.86. The van der Waals surface area contributed by atoms with Crippen molar-refractivity contribution in [3.63, 3.8) is 0 Å². The molecule has 1 aromatic carbocycles. The van der Waals surface area contributed by atoms with Gasteiger partial charge in [-0.15, -0.1) is 0 Å². The van der Waals surface area contributed by atoms with Crippen LogP contribution in [0.2, 0.25) is 0 Å². The predicted octanol–water partition coefficient (Wildman–Crippen LogP) is 3.50. The molecule has 2 rings (SSSR count). The second-order valence-corrected chi connectivity index (χ2v) is 6.18. The molecule has 1 N–H and O–H groups in total. The van der Waals surface area contributed by atoms with Gasteiger partial charge in [-0.1, -0.05) is 13.0 Å². The third kappa shape index (κ3) is 3.98. The Bertz CT molecular complexity index is 447. The number of anilines is 1. The van der Waals surface area contributed by atoms with E-state index in [1.807, 2.05) is 0 Å². The van der Waals surface area contributed by atoms with E-state index >= 15 is 0 Å². The third-order valence-electron chi connectivity index (χ3n) is 4.68. The maximum atomic E-state index is 5.06. The van der Waals surface area contributed by atoms with Crippen molar-refractivity contribution in [2.24, 2.45) is 0 Å². The van der Waals surface area contributed by atoms with Crippen LogP contribution in [0.15, 0.2) is 18.2 Å². The summed E-state index contributed by atoms with van der Waals surface area (Å²) < 4.78 is 5.06. The van der Waals surface area contributed by atoms with Crippen LogP contribution in [-0.2, 0) is 11.3 Å². The van der Waals surface area contributed by atoms with Crippen LogP contribution >= 0.6 is 0 Å². The summed E-state index contributed by atoms with van der Waals surface area (Å²) in [6.07, 6.45) is 3.89. The Labute approximate surface area is 129 Å².